The minimum Gasteiger partial charge on any atom is -0.351 e. The number of amides is 1. The van der Waals surface area contributed by atoms with E-state index in [0.29, 0.717) is 13.0 Å². The van der Waals surface area contributed by atoms with E-state index < -0.39 is 0 Å². The molecule has 1 atom stereocenters. The van der Waals surface area contributed by atoms with Gasteiger partial charge in [0.15, 0.2) is 0 Å². The highest BCUT2D eigenvalue weighted by Gasteiger charge is 2.08. The van der Waals surface area contributed by atoms with E-state index in [9.17, 15) is 4.79 Å². The molecule has 4 heteroatoms. The Kier molecular flexibility index (Phi) is 4.96. The Morgan fingerprint density at radius 2 is 2.25 bits per heavy atom. The number of hydrogen-bond acceptors (Lipinski definition) is 3. The average molecular weight is 240 g/mol. The number of aryl methyl sites for hydroxylation is 2. The molecule has 0 aliphatic rings. The zero-order valence-corrected chi connectivity index (χ0v) is 11.0. The minimum atomic E-state index is -0.0215. The fourth-order valence-electron chi connectivity index (χ4n) is 1.38. The van der Waals surface area contributed by atoms with Gasteiger partial charge in [0.25, 0.3) is 0 Å². The van der Waals surface area contributed by atoms with Crippen LogP contribution in [-0.2, 0) is 11.3 Å². The van der Waals surface area contributed by atoms with Gasteiger partial charge in [-0.05, 0) is 31.9 Å². The van der Waals surface area contributed by atoms with Crippen LogP contribution in [-0.4, -0.2) is 11.9 Å². The summed E-state index contributed by atoms with van der Waals surface area (Å²) < 4.78 is 0. The molecule has 1 amide bonds. The third-order valence-corrected chi connectivity index (χ3v) is 3.80. The molecule has 0 bridgehead atoms. The SMILES string of the molecule is CCC(N)CC(=O)NCc1cc(C)c(C)s1. The maximum absolute atomic E-state index is 11.5. The number of carbonyl (C=O) groups is 1. The van der Waals surface area contributed by atoms with Crippen molar-refractivity contribution in [1.29, 1.82) is 0 Å². The molecule has 1 heterocycles. The summed E-state index contributed by atoms with van der Waals surface area (Å²) in [5, 5.41) is 2.90. The predicted molar refractivity (Wildman–Crippen MR) is 68.5 cm³/mol. The molecule has 3 nitrogen and oxygen atoms in total. The van der Waals surface area contributed by atoms with E-state index >= 15 is 0 Å². The first-order valence-electron chi connectivity index (χ1n) is 5.61. The summed E-state index contributed by atoms with van der Waals surface area (Å²) >= 11 is 1.74. The summed E-state index contributed by atoms with van der Waals surface area (Å²) in [5.74, 6) is 0.0399. The lowest BCUT2D eigenvalue weighted by atomic mass is 10.1. The second-order valence-corrected chi connectivity index (χ2v) is 5.44. The first-order chi connectivity index (χ1) is 7.52. The number of rotatable bonds is 5. The molecule has 0 saturated carbocycles. The van der Waals surface area contributed by atoms with Gasteiger partial charge in [0.05, 0.1) is 6.54 Å². The molecule has 0 aliphatic carbocycles. The van der Waals surface area contributed by atoms with Crippen LogP contribution in [0.2, 0.25) is 0 Å². The summed E-state index contributed by atoms with van der Waals surface area (Å²) in [5.41, 5.74) is 7.00. The minimum absolute atomic E-state index is 0.0215. The summed E-state index contributed by atoms with van der Waals surface area (Å²) in [6, 6.07) is 2.10. The highest BCUT2D eigenvalue weighted by molar-refractivity contribution is 7.12. The Morgan fingerprint density at radius 1 is 1.56 bits per heavy atom. The van der Waals surface area contributed by atoms with Crippen molar-refractivity contribution in [2.45, 2.75) is 46.2 Å². The monoisotopic (exact) mass is 240 g/mol. The molecule has 1 aromatic rings. The van der Waals surface area contributed by atoms with Crippen LogP contribution in [0.5, 0.6) is 0 Å². The second-order valence-electron chi connectivity index (χ2n) is 4.10. The summed E-state index contributed by atoms with van der Waals surface area (Å²) in [6.07, 6.45) is 1.25. The number of hydrogen-bond donors (Lipinski definition) is 2. The van der Waals surface area contributed by atoms with Gasteiger partial charge in [-0.2, -0.15) is 0 Å². The van der Waals surface area contributed by atoms with Crippen LogP contribution >= 0.6 is 11.3 Å². The lowest BCUT2D eigenvalue weighted by Crippen LogP contribution is -2.30. The predicted octanol–water partition coefficient (Wildman–Crippen LogP) is 2.11. The first kappa shape index (κ1) is 13.2. The first-order valence-corrected chi connectivity index (χ1v) is 6.42. The Balaban J connectivity index is 2.37. The molecule has 0 saturated heterocycles. The smallest absolute Gasteiger partial charge is 0.221 e. The molecule has 16 heavy (non-hydrogen) atoms. The van der Waals surface area contributed by atoms with Crippen molar-refractivity contribution in [3.63, 3.8) is 0 Å². The third-order valence-electron chi connectivity index (χ3n) is 2.65. The summed E-state index contributed by atoms with van der Waals surface area (Å²) in [4.78, 5) is 14.0. The Labute approximate surface area is 101 Å². The van der Waals surface area contributed by atoms with Gasteiger partial charge in [-0.15, -0.1) is 11.3 Å². The van der Waals surface area contributed by atoms with E-state index in [2.05, 4.69) is 25.2 Å². The van der Waals surface area contributed by atoms with Crippen LogP contribution in [0.15, 0.2) is 6.07 Å². The summed E-state index contributed by atoms with van der Waals surface area (Å²) in [7, 11) is 0. The molecule has 0 spiro atoms. The van der Waals surface area contributed by atoms with Crippen LogP contribution in [0.3, 0.4) is 0 Å². The van der Waals surface area contributed by atoms with Crippen molar-refractivity contribution in [3.05, 3.63) is 21.4 Å². The second kappa shape index (κ2) is 6.01. The highest BCUT2D eigenvalue weighted by Crippen LogP contribution is 2.20. The maximum atomic E-state index is 11.5. The molecule has 90 valence electrons. The van der Waals surface area contributed by atoms with E-state index in [1.165, 1.54) is 15.3 Å². The molecule has 1 aromatic heterocycles. The standard InChI is InChI=1S/C12H20N2OS/c1-4-10(13)6-12(15)14-7-11-5-8(2)9(3)16-11/h5,10H,4,6-7,13H2,1-3H3,(H,14,15). The quantitative estimate of drug-likeness (QED) is 0.828. The van der Waals surface area contributed by atoms with Crippen LogP contribution < -0.4 is 11.1 Å². The maximum Gasteiger partial charge on any atom is 0.221 e. The molecule has 1 unspecified atom stereocenters. The Bertz CT molecular complexity index is 340. The topological polar surface area (TPSA) is 55.1 Å². The van der Waals surface area contributed by atoms with Crippen molar-refractivity contribution in [2.75, 3.05) is 0 Å². The van der Waals surface area contributed by atoms with Gasteiger partial charge < -0.3 is 11.1 Å². The van der Waals surface area contributed by atoms with Gasteiger partial charge in [0.2, 0.25) is 5.91 Å². The van der Waals surface area contributed by atoms with Gasteiger partial charge in [-0.25, -0.2) is 0 Å². The number of nitrogens with two attached hydrogens (primary N) is 1. The van der Waals surface area contributed by atoms with Crippen LogP contribution in [0, 0.1) is 13.8 Å². The van der Waals surface area contributed by atoms with Gasteiger partial charge in [0.1, 0.15) is 0 Å². The normalized spacial score (nSPS) is 12.5. The highest BCUT2D eigenvalue weighted by atomic mass is 32.1. The lowest BCUT2D eigenvalue weighted by molar-refractivity contribution is -0.121. The average Bonchev–Trinajstić information content (AvgIpc) is 2.55. The van der Waals surface area contributed by atoms with E-state index in [1.807, 2.05) is 6.92 Å². The van der Waals surface area contributed by atoms with E-state index in [0.717, 1.165) is 6.42 Å². The number of carbonyl (C=O) groups excluding carboxylic acids is 1. The third kappa shape index (κ3) is 3.94. The molecular formula is C12H20N2OS. The largest absolute Gasteiger partial charge is 0.351 e. The van der Waals surface area contributed by atoms with Gasteiger partial charge in [-0.3, -0.25) is 4.79 Å². The van der Waals surface area contributed by atoms with Gasteiger partial charge in [0, 0.05) is 22.2 Å². The lowest BCUT2D eigenvalue weighted by Gasteiger charge is -2.08. The molecule has 0 fully saturated rings. The van der Waals surface area contributed by atoms with Gasteiger partial charge >= 0.3 is 0 Å². The zero-order chi connectivity index (χ0) is 12.1. The van der Waals surface area contributed by atoms with Crippen LogP contribution in [0.25, 0.3) is 0 Å². The number of nitrogens with one attached hydrogen (secondary N) is 1. The molecule has 0 aromatic carbocycles. The van der Waals surface area contributed by atoms with Gasteiger partial charge in [-0.1, -0.05) is 6.92 Å². The molecule has 1 rings (SSSR count). The Hall–Kier alpha value is -0.870. The van der Waals surface area contributed by atoms with Crippen LogP contribution in [0.4, 0.5) is 0 Å². The fourth-order valence-corrected chi connectivity index (χ4v) is 2.37. The number of thiophene rings is 1. The molecule has 3 N–H and O–H groups in total. The Morgan fingerprint density at radius 3 is 2.75 bits per heavy atom. The fraction of sp³-hybridized carbons (Fsp3) is 0.583. The van der Waals surface area contributed by atoms with Crippen molar-refractivity contribution in [1.82, 2.24) is 5.32 Å². The molecule has 0 radical (unpaired) electrons. The van der Waals surface area contributed by atoms with Crippen molar-refractivity contribution < 1.29 is 4.79 Å². The molecule has 0 aliphatic heterocycles. The zero-order valence-electron chi connectivity index (χ0n) is 10.2. The molecular weight excluding hydrogens is 220 g/mol. The van der Waals surface area contributed by atoms with Crippen LogP contribution in [0.1, 0.15) is 35.1 Å². The van der Waals surface area contributed by atoms with E-state index in [-0.39, 0.29) is 11.9 Å². The van der Waals surface area contributed by atoms with E-state index in [1.54, 1.807) is 11.3 Å². The van der Waals surface area contributed by atoms with E-state index in [4.69, 9.17) is 5.73 Å². The van der Waals surface area contributed by atoms with Crippen molar-refractivity contribution >= 4 is 17.2 Å². The summed E-state index contributed by atoms with van der Waals surface area (Å²) in [6.45, 7) is 6.79. The van der Waals surface area contributed by atoms with Crippen molar-refractivity contribution in [3.8, 4) is 0 Å². The van der Waals surface area contributed by atoms with Crippen molar-refractivity contribution in [2.24, 2.45) is 5.73 Å².